The molecule has 0 saturated carbocycles. The summed E-state index contributed by atoms with van der Waals surface area (Å²) in [7, 11) is 2.74. The summed E-state index contributed by atoms with van der Waals surface area (Å²) in [5, 5.41) is 14.0. The number of hydrogen-bond donors (Lipinski definition) is 2. The number of esters is 1. The van der Waals surface area contributed by atoms with E-state index in [9.17, 15) is 24.3 Å². The molecule has 0 aliphatic heterocycles. The van der Waals surface area contributed by atoms with Gasteiger partial charge in [-0.15, -0.1) is 0 Å². The highest BCUT2D eigenvalue weighted by Crippen LogP contribution is 2.32. The Balaban J connectivity index is 1.53. The van der Waals surface area contributed by atoms with Crippen molar-refractivity contribution >= 4 is 34.9 Å². The maximum absolute atomic E-state index is 14.1. The van der Waals surface area contributed by atoms with Crippen LogP contribution in [0.1, 0.15) is 103 Å². The molecule has 1 atom stereocenters. The van der Waals surface area contributed by atoms with Crippen LogP contribution in [-0.4, -0.2) is 52.7 Å². The lowest BCUT2D eigenvalue weighted by atomic mass is 10.0. The molecule has 12 heteroatoms. The topological polar surface area (TPSA) is 138 Å². The van der Waals surface area contributed by atoms with Gasteiger partial charge in [0.05, 0.1) is 43.6 Å². The smallest absolute Gasteiger partial charge is 0.338 e. The van der Waals surface area contributed by atoms with Gasteiger partial charge in [-0.25, -0.2) is 14.2 Å². The predicted octanol–water partition coefficient (Wildman–Crippen LogP) is 8.21. The van der Waals surface area contributed by atoms with Crippen LogP contribution in [-0.2, 0) is 16.1 Å². The van der Waals surface area contributed by atoms with Crippen LogP contribution in [0.25, 0.3) is 0 Å². The number of rotatable bonds is 21. The zero-order valence-electron chi connectivity index (χ0n) is 30.1. The van der Waals surface area contributed by atoms with Gasteiger partial charge in [0.25, 0.3) is 17.7 Å². The Morgan fingerprint density at radius 1 is 0.808 bits per heavy atom. The highest BCUT2D eigenvalue weighted by atomic mass is 35.5. The fourth-order valence-electron chi connectivity index (χ4n) is 5.92. The Kier molecular flexibility index (Phi) is 15.4. The number of amides is 1. The van der Waals surface area contributed by atoms with Crippen LogP contribution in [0.5, 0.6) is 17.5 Å². The van der Waals surface area contributed by atoms with Gasteiger partial charge in [0, 0.05) is 5.56 Å². The Labute approximate surface area is 309 Å². The molecule has 0 bridgehead atoms. The average Bonchev–Trinajstić information content (AvgIpc) is 3.38. The lowest BCUT2D eigenvalue weighted by Crippen LogP contribution is -2.39. The summed E-state index contributed by atoms with van der Waals surface area (Å²) in [6.07, 6.45) is 11.5. The SMILES string of the molecule is CCCCCCCCCCCCOC(=O)c1ccc(Cl)c(NC(=O)C(C(=O)c2ccc(OC)cc2)n2c(O)c(OC)n(Cc3ccccc3)c2=O)c1. The molecule has 1 amide bonds. The van der Waals surface area contributed by atoms with Crippen LogP contribution in [0.2, 0.25) is 5.02 Å². The van der Waals surface area contributed by atoms with E-state index in [0.717, 1.165) is 30.3 Å². The van der Waals surface area contributed by atoms with Gasteiger partial charge in [-0.3, -0.25) is 14.2 Å². The van der Waals surface area contributed by atoms with E-state index in [4.69, 9.17) is 25.8 Å². The third kappa shape index (κ3) is 10.5. The maximum Gasteiger partial charge on any atom is 0.338 e. The number of aromatic hydroxyl groups is 1. The summed E-state index contributed by atoms with van der Waals surface area (Å²) >= 11 is 6.45. The highest BCUT2D eigenvalue weighted by molar-refractivity contribution is 6.34. The van der Waals surface area contributed by atoms with Crippen molar-refractivity contribution < 1.29 is 33.7 Å². The Morgan fingerprint density at radius 3 is 2.04 bits per heavy atom. The molecule has 278 valence electrons. The monoisotopic (exact) mass is 733 g/mol. The molecule has 1 unspecified atom stereocenters. The van der Waals surface area contributed by atoms with Crippen LogP contribution < -0.4 is 20.5 Å². The fourth-order valence-corrected chi connectivity index (χ4v) is 6.09. The molecule has 0 radical (unpaired) electrons. The number of aromatic nitrogens is 2. The van der Waals surface area contributed by atoms with Gasteiger partial charge in [0.15, 0.2) is 11.8 Å². The first-order valence-corrected chi connectivity index (χ1v) is 18.2. The van der Waals surface area contributed by atoms with Gasteiger partial charge in [-0.05, 0) is 54.4 Å². The molecule has 0 aliphatic rings. The predicted molar refractivity (Wildman–Crippen MR) is 201 cm³/mol. The van der Waals surface area contributed by atoms with E-state index in [-0.39, 0.29) is 40.9 Å². The van der Waals surface area contributed by atoms with Crippen LogP contribution in [0.3, 0.4) is 0 Å². The molecule has 0 saturated heterocycles. The van der Waals surface area contributed by atoms with E-state index in [1.165, 1.54) is 95.2 Å². The quantitative estimate of drug-likeness (QED) is 0.0378. The Bertz CT molecular complexity index is 1840. The Morgan fingerprint density at radius 2 is 1.42 bits per heavy atom. The maximum atomic E-state index is 14.1. The average molecular weight is 734 g/mol. The largest absolute Gasteiger partial charge is 0.497 e. The second kappa shape index (κ2) is 20.1. The number of Topliss-reactive ketones (excluding diaryl/α,β-unsaturated/α-hetero) is 1. The molecule has 0 spiro atoms. The Hall–Kier alpha value is -5.03. The third-order valence-electron chi connectivity index (χ3n) is 8.80. The molecule has 3 aromatic carbocycles. The lowest BCUT2D eigenvalue weighted by molar-refractivity contribution is -0.118. The van der Waals surface area contributed by atoms with Crippen molar-refractivity contribution in [2.45, 2.75) is 83.7 Å². The molecule has 0 fully saturated rings. The third-order valence-corrected chi connectivity index (χ3v) is 9.13. The van der Waals surface area contributed by atoms with E-state index in [2.05, 4.69) is 12.2 Å². The first-order chi connectivity index (χ1) is 25.2. The summed E-state index contributed by atoms with van der Waals surface area (Å²) in [5.74, 6) is -2.88. The fraction of sp³-hybridized carbons (Fsp3) is 0.400. The van der Waals surface area contributed by atoms with Gasteiger partial charge in [0.2, 0.25) is 0 Å². The van der Waals surface area contributed by atoms with Crippen molar-refractivity contribution in [2.24, 2.45) is 0 Å². The molecule has 1 aromatic heterocycles. The summed E-state index contributed by atoms with van der Waals surface area (Å²) in [5.41, 5.74) is 0.0653. The molecule has 1 heterocycles. The standard InChI is InChI=1S/C40H48ClN3O8/c1-4-5-6-7-8-9-10-11-12-16-25-52-39(48)30-21-24-32(41)33(26-30)42-36(46)34(35(45)29-19-22-31(50-2)23-20-29)44-37(47)38(51-3)43(40(44)49)27-28-17-14-13-15-18-28/h13-15,17-24,26,34,47H,4-12,16,25,27H2,1-3H3,(H,42,46). The van der Waals surface area contributed by atoms with E-state index < -0.39 is 35.3 Å². The van der Waals surface area contributed by atoms with Crippen LogP contribution in [0.15, 0.2) is 77.6 Å². The van der Waals surface area contributed by atoms with Crippen molar-refractivity contribution in [3.63, 3.8) is 0 Å². The summed E-state index contributed by atoms with van der Waals surface area (Å²) < 4.78 is 17.9. The zero-order valence-corrected chi connectivity index (χ0v) is 30.8. The second-order valence-corrected chi connectivity index (χ2v) is 13.0. The summed E-state index contributed by atoms with van der Waals surface area (Å²) in [6.45, 7) is 2.45. The first-order valence-electron chi connectivity index (χ1n) is 17.8. The molecule has 0 aliphatic carbocycles. The van der Waals surface area contributed by atoms with Crippen molar-refractivity contribution in [1.82, 2.24) is 9.13 Å². The molecule has 2 N–H and O–H groups in total. The van der Waals surface area contributed by atoms with Crippen LogP contribution in [0.4, 0.5) is 5.69 Å². The normalized spacial score (nSPS) is 11.5. The minimum Gasteiger partial charge on any atom is -0.497 e. The van der Waals surface area contributed by atoms with E-state index in [0.29, 0.717) is 15.9 Å². The molecule has 11 nitrogen and oxygen atoms in total. The number of anilines is 1. The van der Waals surface area contributed by atoms with E-state index in [1.54, 1.807) is 24.3 Å². The number of carbonyl (C=O) groups excluding carboxylic acids is 3. The van der Waals surface area contributed by atoms with E-state index in [1.807, 2.05) is 6.07 Å². The van der Waals surface area contributed by atoms with Crippen molar-refractivity contribution in [2.75, 3.05) is 26.1 Å². The molecule has 4 aromatic rings. The number of methoxy groups -OCH3 is 2. The number of unbranched alkanes of at least 4 members (excludes halogenated alkanes) is 9. The van der Waals surface area contributed by atoms with Crippen LogP contribution in [0, 0.1) is 0 Å². The van der Waals surface area contributed by atoms with Gasteiger partial charge in [-0.2, -0.15) is 0 Å². The van der Waals surface area contributed by atoms with Gasteiger partial charge in [0.1, 0.15) is 5.75 Å². The van der Waals surface area contributed by atoms with E-state index >= 15 is 0 Å². The van der Waals surface area contributed by atoms with Crippen molar-refractivity contribution in [3.8, 4) is 17.5 Å². The second-order valence-electron chi connectivity index (χ2n) is 12.6. The lowest BCUT2D eigenvalue weighted by Gasteiger charge is -2.18. The molecular formula is C40H48ClN3O8. The number of nitrogens with zero attached hydrogens (tertiary/aromatic N) is 2. The molecule has 4 rings (SSSR count). The first kappa shape index (κ1) is 39.8. The van der Waals surface area contributed by atoms with Crippen LogP contribution >= 0.6 is 11.6 Å². The van der Waals surface area contributed by atoms with Gasteiger partial charge < -0.3 is 24.6 Å². The number of benzene rings is 3. The summed E-state index contributed by atoms with van der Waals surface area (Å²) in [4.78, 5) is 55.0. The number of ether oxygens (including phenoxy) is 3. The molecule has 52 heavy (non-hydrogen) atoms. The highest BCUT2D eigenvalue weighted by Gasteiger charge is 2.37. The molecular weight excluding hydrogens is 686 g/mol. The number of halogens is 1. The summed E-state index contributed by atoms with van der Waals surface area (Å²) in [6, 6.07) is 17.3. The minimum absolute atomic E-state index is 0.0100. The van der Waals surface area contributed by atoms with Gasteiger partial charge in [-0.1, -0.05) is 107 Å². The minimum atomic E-state index is -1.91. The van der Waals surface area contributed by atoms with Crippen molar-refractivity contribution in [3.05, 3.63) is 105 Å². The number of ketones is 1. The zero-order chi connectivity index (χ0) is 37.5. The number of hydrogen-bond acceptors (Lipinski definition) is 8. The van der Waals surface area contributed by atoms with Gasteiger partial charge >= 0.3 is 11.7 Å². The number of imidazole rings is 1. The van der Waals surface area contributed by atoms with Crippen molar-refractivity contribution in [1.29, 1.82) is 0 Å². The number of carbonyl (C=O) groups is 3. The number of nitrogens with one attached hydrogen (secondary N) is 1.